The van der Waals surface area contributed by atoms with E-state index in [0.29, 0.717) is 45.0 Å². The molecule has 0 bridgehead atoms. The molecule has 2 aromatic heterocycles. The summed E-state index contributed by atoms with van der Waals surface area (Å²) in [4.78, 5) is 31.0. The Kier molecular flexibility index (Phi) is 5.99. The van der Waals surface area contributed by atoms with Gasteiger partial charge in [0.05, 0.1) is 34.0 Å². The Labute approximate surface area is 190 Å². The van der Waals surface area contributed by atoms with Crippen LogP contribution in [0.4, 0.5) is 0 Å². The van der Waals surface area contributed by atoms with Crippen molar-refractivity contribution in [2.45, 2.75) is 0 Å². The molecule has 0 aliphatic heterocycles. The van der Waals surface area contributed by atoms with Gasteiger partial charge >= 0.3 is 0 Å². The molecule has 8 heteroatoms. The maximum absolute atomic E-state index is 13.6. The lowest BCUT2D eigenvalue weighted by atomic mass is 10.0. The van der Waals surface area contributed by atoms with Crippen LogP contribution in [0.1, 0.15) is 26.4 Å². The van der Waals surface area contributed by atoms with Crippen molar-refractivity contribution >= 4 is 22.6 Å². The number of nitrogens with zero attached hydrogens (tertiary/aromatic N) is 2. The van der Waals surface area contributed by atoms with Crippen LogP contribution >= 0.6 is 0 Å². The minimum Gasteiger partial charge on any atom is -0.497 e. The van der Waals surface area contributed by atoms with E-state index in [4.69, 9.17) is 18.9 Å². The molecule has 0 unspecified atom stereocenters. The molecule has 0 amide bonds. The maximum atomic E-state index is 13.6. The molecule has 33 heavy (non-hydrogen) atoms. The van der Waals surface area contributed by atoms with Gasteiger partial charge in [0, 0.05) is 35.0 Å². The zero-order chi connectivity index (χ0) is 23.5. The average molecular weight is 446 g/mol. The van der Waals surface area contributed by atoms with Gasteiger partial charge in [-0.3, -0.25) is 19.1 Å². The van der Waals surface area contributed by atoms with E-state index in [1.165, 1.54) is 39.2 Å². The van der Waals surface area contributed by atoms with Gasteiger partial charge in [0.2, 0.25) is 5.75 Å². The lowest BCUT2D eigenvalue weighted by Gasteiger charge is -2.13. The van der Waals surface area contributed by atoms with Gasteiger partial charge in [0.25, 0.3) is 5.91 Å². The lowest BCUT2D eigenvalue weighted by Crippen LogP contribution is -2.12. The number of pyridine rings is 1. The number of ether oxygens (including phenoxy) is 4. The first-order chi connectivity index (χ1) is 16.0. The summed E-state index contributed by atoms with van der Waals surface area (Å²) in [7, 11) is 5.99. The second-order valence-corrected chi connectivity index (χ2v) is 7.06. The molecule has 4 rings (SSSR count). The van der Waals surface area contributed by atoms with Crippen molar-refractivity contribution in [1.82, 2.24) is 9.55 Å². The molecule has 2 aromatic carbocycles. The Morgan fingerprint density at radius 1 is 0.848 bits per heavy atom. The van der Waals surface area contributed by atoms with Crippen molar-refractivity contribution in [3.05, 3.63) is 77.7 Å². The highest BCUT2D eigenvalue weighted by Crippen LogP contribution is 2.39. The van der Waals surface area contributed by atoms with Gasteiger partial charge in [-0.1, -0.05) is 6.07 Å². The van der Waals surface area contributed by atoms with E-state index in [9.17, 15) is 9.59 Å². The summed E-state index contributed by atoms with van der Waals surface area (Å²) < 4.78 is 22.9. The molecule has 8 nitrogen and oxygen atoms in total. The minimum absolute atomic E-state index is 0.254. The summed E-state index contributed by atoms with van der Waals surface area (Å²) in [5.74, 6) is 0.983. The molecule has 0 N–H and O–H groups in total. The predicted octanol–water partition coefficient (Wildman–Crippen LogP) is 3.99. The summed E-state index contributed by atoms with van der Waals surface area (Å²) in [6, 6.07) is 13.4. The molecule has 4 aromatic rings. The van der Waals surface area contributed by atoms with Gasteiger partial charge in [-0.2, -0.15) is 0 Å². The van der Waals surface area contributed by atoms with Crippen LogP contribution < -0.4 is 18.9 Å². The summed E-state index contributed by atoms with van der Waals surface area (Å²) in [6.45, 7) is 0. The first-order valence-electron chi connectivity index (χ1n) is 10.0. The molecule has 0 spiro atoms. The summed E-state index contributed by atoms with van der Waals surface area (Å²) >= 11 is 0. The van der Waals surface area contributed by atoms with Crippen LogP contribution in [-0.4, -0.2) is 49.7 Å². The number of aromatic nitrogens is 2. The fourth-order valence-electron chi connectivity index (χ4n) is 3.66. The Morgan fingerprint density at radius 3 is 2.15 bits per heavy atom. The number of fused-ring (bicyclic) bond motifs is 1. The number of carbonyl (C=O) groups is 2. The number of benzene rings is 2. The third-order valence-electron chi connectivity index (χ3n) is 5.29. The molecule has 0 radical (unpaired) electrons. The highest BCUT2D eigenvalue weighted by Gasteiger charge is 2.24. The quantitative estimate of drug-likeness (QED) is 0.397. The largest absolute Gasteiger partial charge is 0.497 e. The molecular weight excluding hydrogens is 424 g/mol. The van der Waals surface area contributed by atoms with Crippen LogP contribution in [0.5, 0.6) is 23.0 Å². The van der Waals surface area contributed by atoms with E-state index < -0.39 is 0 Å². The van der Waals surface area contributed by atoms with E-state index in [1.807, 2.05) is 0 Å². The normalized spacial score (nSPS) is 10.7. The van der Waals surface area contributed by atoms with Crippen molar-refractivity contribution in [3.63, 3.8) is 0 Å². The number of rotatable bonds is 7. The molecule has 0 aliphatic carbocycles. The van der Waals surface area contributed by atoms with Crippen LogP contribution in [0, 0.1) is 0 Å². The number of hydrogen-bond donors (Lipinski definition) is 0. The first kappa shape index (κ1) is 21.9. The zero-order valence-corrected chi connectivity index (χ0v) is 18.6. The highest BCUT2D eigenvalue weighted by atomic mass is 16.5. The molecule has 0 saturated carbocycles. The molecule has 0 fully saturated rings. The summed E-state index contributed by atoms with van der Waals surface area (Å²) in [5.41, 5.74) is 1.45. The van der Waals surface area contributed by atoms with Crippen LogP contribution in [0.25, 0.3) is 10.9 Å². The lowest BCUT2D eigenvalue weighted by molar-refractivity contribution is 0.0960. The van der Waals surface area contributed by atoms with Crippen molar-refractivity contribution in [1.29, 1.82) is 0 Å². The Morgan fingerprint density at radius 2 is 1.58 bits per heavy atom. The molecule has 0 saturated heterocycles. The van der Waals surface area contributed by atoms with Gasteiger partial charge in [-0.15, -0.1) is 0 Å². The predicted molar refractivity (Wildman–Crippen MR) is 122 cm³/mol. The highest BCUT2D eigenvalue weighted by molar-refractivity contribution is 6.18. The van der Waals surface area contributed by atoms with Crippen LogP contribution in [0.3, 0.4) is 0 Å². The van der Waals surface area contributed by atoms with Crippen molar-refractivity contribution in [2.24, 2.45) is 0 Å². The van der Waals surface area contributed by atoms with Gasteiger partial charge in [-0.05, 0) is 36.4 Å². The Bertz CT molecular complexity index is 1320. The van der Waals surface area contributed by atoms with Gasteiger partial charge in [0.1, 0.15) is 11.4 Å². The van der Waals surface area contributed by atoms with Crippen molar-refractivity contribution < 1.29 is 28.5 Å². The fraction of sp³-hybridized carbons (Fsp3) is 0.160. The third-order valence-corrected chi connectivity index (χ3v) is 5.29. The van der Waals surface area contributed by atoms with E-state index in [-0.39, 0.29) is 17.4 Å². The van der Waals surface area contributed by atoms with Gasteiger partial charge in [-0.25, -0.2) is 0 Å². The number of methoxy groups -OCH3 is 4. The summed E-state index contributed by atoms with van der Waals surface area (Å²) in [5, 5.41) is 0.596. The second kappa shape index (κ2) is 9.04. The van der Waals surface area contributed by atoms with Crippen LogP contribution in [0.15, 0.2) is 60.9 Å². The van der Waals surface area contributed by atoms with Gasteiger partial charge < -0.3 is 18.9 Å². The Balaban J connectivity index is 1.90. The van der Waals surface area contributed by atoms with Crippen molar-refractivity contribution in [3.8, 4) is 23.0 Å². The third kappa shape index (κ3) is 3.87. The maximum Gasteiger partial charge on any atom is 0.280 e. The van der Waals surface area contributed by atoms with Gasteiger partial charge in [0.15, 0.2) is 17.3 Å². The van der Waals surface area contributed by atoms with Crippen LogP contribution in [0.2, 0.25) is 0 Å². The Hall–Kier alpha value is -4.33. The van der Waals surface area contributed by atoms with Crippen molar-refractivity contribution in [2.75, 3.05) is 28.4 Å². The minimum atomic E-state index is -0.363. The SMILES string of the molecule is COc1ccc2c(C(=O)c3cc(OC)c(OC)c(OC)c3)cn(C(=O)c3ccccn3)c2c1. The van der Waals surface area contributed by atoms with Crippen LogP contribution in [-0.2, 0) is 0 Å². The zero-order valence-electron chi connectivity index (χ0n) is 18.6. The van der Waals surface area contributed by atoms with E-state index in [1.54, 1.807) is 54.7 Å². The number of hydrogen-bond acceptors (Lipinski definition) is 7. The average Bonchev–Trinajstić information content (AvgIpc) is 3.25. The van der Waals surface area contributed by atoms with E-state index >= 15 is 0 Å². The number of carbonyl (C=O) groups excluding carboxylic acids is 2. The molecule has 168 valence electrons. The summed E-state index contributed by atoms with van der Waals surface area (Å²) in [6.07, 6.45) is 3.06. The second-order valence-electron chi connectivity index (χ2n) is 7.06. The molecule has 2 heterocycles. The number of ketones is 1. The fourth-order valence-corrected chi connectivity index (χ4v) is 3.66. The topological polar surface area (TPSA) is 88.9 Å². The van der Waals surface area contributed by atoms with E-state index in [0.717, 1.165) is 0 Å². The molecule has 0 aliphatic rings. The molecular formula is C25H22N2O6. The smallest absolute Gasteiger partial charge is 0.280 e. The first-order valence-corrected chi connectivity index (χ1v) is 10.0. The molecule has 0 atom stereocenters. The monoisotopic (exact) mass is 446 g/mol. The van der Waals surface area contributed by atoms with E-state index in [2.05, 4.69) is 4.98 Å². The standard InChI is InChI=1S/C25H22N2O6/c1-30-16-8-9-17-18(14-27(20(17)13-16)25(29)19-7-5-6-10-26-19)23(28)15-11-21(31-2)24(33-4)22(12-15)32-3/h5-14H,1-4H3.